The lowest BCUT2D eigenvalue weighted by atomic mass is 10.1. The van der Waals surface area contributed by atoms with Crippen molar-refractivity contribution < 1.29 is 0 Å². The van der Waals surface area contributed by atoms with Crippen LogP contribution in [0.1, 0.15) is 68.3 Å². The molecule has 5 heteroatoms. The molecule has 0 aliphatic heterocycles. The standard InChI is InChI=1S/C17H19N5.C2H6/c1-10-14(11-3-4-11)9-22(19-10)15-7-13-8-21(2)20-17(13)18-16(15)12-5-6-12;1-2/h7-9,11-12H,3-6H2,1-2H3;1-2H3. The Morgan fingerprint density at radius 2 is 1.71 bits per heavy atom. The summed E-state index contributed by atoms with van der Waals surface area (Å²) < 4.78 is 3.89. The van der Waals surface area contributed by atoms with Crippen molar-refractivity contribution in [1.82, 2.24) is 24.5 Å². The molecule has 0 amide bonds. The van der Waals surface area contributed by atoms with Crippen molar-refractivity contribution in [3.05, 3.63) is 35.4 Å². The number of hydrogen-bond acceptors (Lipinski definition) is 3. The minimum atomic E-state index is 0.579. The second-order valence-corrected chi connectivity index (χ2v) is 6.77. The number of fused-ring (bicyclic) bond motifs is 1. The quantitative estimate of drug-likeness (QED) is 0.724. The van der Waals surface area contributed by atoms with Crippen molar-refractivity contribution in [2.45, 2.75) is 58.3 Å². The van der Waals surface area contributed by atoms with Gasteiger partial charge in [-0.05, 0) is 50.2 Å². The Balaban J connectivity index is 0.000000704. The number of aryl methyl sites for hydroxylation is 2. The zero-order valence-corrected chi connectivity index (χ0v) is 15.0. The molecule has 3 heterocycles. The third-order valence-corrected chi connectivity index (χ3v) is 4.78. The second kappa shape index (κ2) is 5.72. The van der Waals surface area contributed by atoms with E-state index in [1.54, 1.807) is 0 Å². The van der Waals surface area contributed by atoms with E-state index in [2.05, 4.69) is 29.0 Å². The fourth-order valence-corrected chi connectivity index (χ4v) is 3.31. The smallest absolute Gasteiger partial charge is 0.181 e. The lowest BCUT2D eigenvalue weighted by Gasteiger charge is -2.07. The zero-order valence-electron chi connectivity index (χ0n) is 15.0. The fourth-order valence-electron chi connectivity index (χ4n) is 3.31. The van der Waals surface area contributed by atoms with Crippen LogP contribution in [0.25, 0.3) is 16.7 Å². The molecule has 2 saturated carbocycles. The fraction of sp³-hybridized carbons (Fsp3) is 0.526. The van der Waals surface area contributed by atoms with Crippen LogP contribution in [0.15, 0.2) is 18.5 Å². The van der Waals surface area contributed by atoms with Crippen LogP contribution in [-0.2, 0) is 7.05 Å². The van der Waals surface area contributed by atoms with E-state index in [-0.39, 0.29) is 0 Å². The predicted octanol–water partition coefficient (Wildman–Crippen LogP) is 4.24. The summed E-state index contributed by atoms with van der Waals surface area (Å²) in [5.74, 6) is 1.31. The topological polar surface area (TPSA) is 48.5 Å². The SMILES string of the molecule is CC.Cc1nn(-c2cc3cn(C)nc3nc2C2CC2)cc1C1CC1. The van der Waals surface area contributed by atoms with Crippen LogP contribution in [0, 0.1) is 6.92 Å². The molecule has 3 aromatic rings. The molecular weight excluding hydrogens is 298 g/mol. The Labute approximate surface area is 142 Å². The Morgan fingerprint density at radius 3 is 2.38 bits per heavy atom. The van der Waals surface area contributed by atoms with Crippen molar-refractivity contribution in [2.24, 2.45) is 7.05 Å². The molecule has 2 fully saturated rings. The lowest BCUT2D eigenvalue weighted by Crippen LogP contribution is -2.02. The first-order valence-corrected chi connectivity index (χ1v) is 9.10. The largest absolute Gasteiger partial charge is 0.273 e. The third kappa shape index (κ3) is 2.62. The van der Waals surface area contributed by atoms with Crippen LogP contribution in [0.3, 0.4) is 0 Å². The van der Waals surface area contributed by atoms with Crippen LogP contribution in [-0.4, -0.2) is 24.5 Å². The zero-order chi connectivity index (χ0) is 16.8. The van der Waals surface area contributed by atoms with Crippen molar-refractivity contribution in [3.63, 3.8) is 0 Å². The molecule has 0 radical (unpaired) electrons. The van der Waals surface area contributed by atoms with Gasteiger partial charge in [0.05, 0.1) is 17.1 Å². The van der Waals surface area contributed by atoms with Crippen molar-refractivity contribution in [2.75, 3.05) is 0 Å². The summed E-state index contributed by atoms with van der Waals surface area (Å²) in [5.41, 5.74) is 5.72. The highest BCUT2D eigenvalue weighted by Crippen LogP contribution is 2.44. The minimum Gasteiger partial charge on any atom is -0.273 e. The molecule has 24 heavy (non-hydrogen) atoms. The Kier molecular flexibility index (Phi) is 3.66. The molecule has 0 bridgehead atoms. The van der Waals surface area contributed by atoms with Gasteiger partial charge in [-0.15, -0.1) is 0 Å². The molecule has 3 aromatic heterocycles. The highest BCUT2D eigenvalue weighted by molar-refractivity contribution is 5.77. The Morgan fingerprint density at radius 1 is 1.00 bits per heavy atom. The normalized spacial score (nSPS) is 17.0. The lowest BCUT2D eigenvalue weighted by molar-refractivity contribution is 0.773. The maximum Gasteiger partial charge on any atom is 0.181 e. The van der Waals surface area contributed by atoms with Gasteiger partial charge >= 0.3 is 0 Å². The van der Waals surface area contributed by atoms with Crippen molar-refractivity contribution in [1.29, 1.82) is 0 Å². The molecule has 126 valence electrons. The highest BCUT2D eigenvalue weighted by Gasteiger charge is 2.31. The molecule has 0 saturated heterocycles. The number of nitrogens with zero attached hydrogens (tertiary/aromatic N) is 5. The molecular formula is C19H25N5. The van der Waals surface area contributed by atoms with Crippen LogP contribution >= 0.6 is 0 Å². The summed E-state index contributed by atoms with van der Waals surface area (Å²) >= 11 is 0. The average molecular weight is 323 g/mol. The van der Waals surface area contributed by atoms with E-state index >= 15 is 0 Å². The van der Waals surface area contributed by atoms with Crippen LogP contribution in [0.2, 0.25) is 0 Å². The van der Waals surface area contributed by atoms with E-state index in [4.69, 9.17) is 10.1 Å². The maximum absolute atomic E-state index is 4.84. The molecule has 5 nitrogen and oxygen atoms in total. The van der Waals surface area contributed by atoms with Gasteiger partial charge in [-0.3, -0.25) is 4.68 Å². The average Bonchev–Trinajstić information content (AvgIpc) is 3.50. The van der Waals surface area contributed by atoms with E-state index < -0.39 is 0 Å². The van der Waals surface area contributed by atoms with Gasteiger partial charge in [-0.1, -0.05) is 13.8 Å². The first-order chi connectivity index (χ1) is 11.7. The van der Waals surface area contributed by atoms with E-state index in [9.17, 15) is 0 Å². The maximum atomic E-state index is 4.84. The molecule has 0 spiro atoms. The summed E-state index contributed by atoms with van der Waals surface area (Å²) in [6.45, 7) is 6.12. The number of pyridine rings is 1. The summed E-state index contributed by atoms with van der Waals surface area (Å²) in [6, 6.07) is 2.20. The first kappa shape index (κ1) is 15.4. The van der Waals surface area contributed by atoms with Crippen molar-refractivity contribution in [3.8, 4) is 5.69 Å². The van der Waals surface area contributed by atoms with Gasteiger partial charge in [0.15, 0.2) is 5.65 Å². The Hall–Kier alpha value is -2.17. The molecule has 2 aliphatic carbocycles. The van der Waals surface area contributed by atoms with Crippen LogP contribution in [0.4, 0.5) is 0 Å². The number of rotatable bonds is 3. The number of aromatic nitrogens is 5. The molecule has 5 rings (SSSR count). The third-order valence-electron chi connectivity index (χ3n) is 4.78. The second-order valence-electron chi connectivity index (χ2n) is 6.77. The Bertz CT molecular complexity index is 881. The van der Waals surface area contributed by atoms with Gasteiger partial charge in [0, 0.05) is 30.7 Å². The molecule has 0 unspecified atom stereocenters. The van der Waals surface area contributed by atoms with Crippen LogP contribution in [0.5, 0.6) is 0 Å². The minimum absolute atomic E-state index is 0.579. The van der Waals surface area contributed by atoms with E-state index in [0.717, 1.165) is 34.0 Å². The highest BCUT2D eigenvalue weighted by atomic mass is 15.3. The molecule has 2 aliphatic rings. The van der Waals surface area contributed by atoms with Gasteiger partial charge in [0.25, 0.3) is 0 Å². The summed E-state index contributed by atoms with van der Waals surface area (Å²) in [4.78, 5) is 4.84. The summed E-state index contributed by atoms with van der Waals surface area (Å²) in [6.07, 6.45) is 9.32. The summed E-state index contributed by atoms with van der Waals surface area (Å²) in [5, 5.41) is 10.3. The molecule has 0 atom stereocenters. The molecule has 0 N–H and O–H groups in total. The van der Waals surface area contributed by atoms with Gasteiger partial charge < -0.3 is 0 Å². The molecule has 0 aromatic carbocycles. The van der Waals surface area contributed by atoms with E-state index in [0.29, 0.717) is 5.92 Å². The van der Waals surface area contributed by atoms with Gasteiger partial charge in [-0.25, -0.2) is 9.67 Å². The predicted molar refractivity (Wildman–Crippen MR) is 95.7 cm³/mol. The van der Waals surface area contributed by atoms with E-state index in [1.165, 1.54) is 31.2 Å². The monoisotopic (exact) mass is 323 g/mol. The van der Waals surface area contributed by atoms with E-state index in [1.807, 2.05) is 31.8 Å². The number of hydrogen-bond donors (Lipinski definition) is 0. The van der Waals surface area contributed by atoms with Crippen LogP contribution < -0.4 is 0 Å². The van der Waals surface area contributed by atoms with Gasteiger partial charge in [0.2, 0.25) is 0 Å². The first-order valence-electron chi connectivity index (χ1n) is 9.10. The summed E-state index contributed by atoms with van der Waals surface area (Å²) in [7, 11) is 1.95. The van der Waals surface area contributed by atoms with Gasteiger partial charge in [0.1, 0.15) is 0 Å². The van der Waals surface area contributed by atoms with Gasteiger partial charge in [-0.2, -0.15) is 10.2 Å². The van der Waals surface area contributed by atoms with Crippen molar-refractivity contribution >= 4 is 11.0 Å².